The van der Waals surface area contributed by atoms with Crippen LogP contribution in [0.2, 0.25) is 0 Å². The normalized spacial score (nSPS) is 10.3. The van der Waals surface area contributed by atoms with Gasteiger partial charge in [0, 0.05) is 5.39 Å². The van der Waals surface area contributed by atoms with Crippen LogP contribution < -0.4 is 4.74 Å². The molecule has 0 radical (unpaired) electrons. The number of nitro groups is 1. The van der Waals surface area contributed by atoms with Crippen molar-refractivity contribution < 1.29 is 18.9 Å². The lowest BCUT2D eigenvalue weighted by Crippen LogP contribution is -1.90. The van der Waals surface area contributed by atoms with E-state index in [0.717, 1.165) is 0 Å². The second-order valence-electron chi connectivity index (χ2n) is 3.05. The molecule has 82 valence electrons. The minimum absolute atomic E-state index is 0.247. The molecule has 0 aliphatic carbocycles. The maximum atomic E-state index is 10.9. The van der Waals surface area contributed by atoms with Crippen LogP contribution >= 0.6 is 0 Å². The SMILES string of the molecule is COc1ccc2oc([N+](=O)[O-])cc2c1C=O. The van der Waals surface area contributed by atoms with Crippen LogP contribution in [-0.2, 0) is 0 Å². The summed E-state index contributed by atoms with van der Waals surface area (Å²) in [7, 11) is 1.42. The number of nitrogens with zero attached hydrogens (tertiary/aromatic N) is 1. The van der Waals surface area contributed by atoms with Gasteiger partial charge in [0.15, 0.2) is 6.29 Å². The molecule has 0 saturated carbocycles. The molecule has 0 unspecified atom stereocenters. The number of methoxy groups -OCH3 is 1. The number of ether oxygens (including phenoxy) is 1. The first kappa shape index (κ1) is 10.2. The highest BCUT2D eigenvalue weighted by Crippen LogP contribution is 2.31. The Morgan fingerprint density at radius 1 is 1.50 bits per heavy atom. The minimum Gasteiger partial charge on any atom is -0.496 e. The number of carbonyl (C=O) groups is 1. The van der Waals surface area contributed by atoms with E-state index in [1.165, 1.54) is 25.3 Å². The first-order valence-corrected chi connectivity index (χ1v) is 4.37. The molecule has 6 nitrogen and oxygen atoms in total. The van der Waals surface area contributed by atoms with Gasteiger partial charge in [0.2, 0.25) is 0 Å². The van der Waals surface area contributed by atoms with Gasteiger partial charge in [-0.2, -0.15) is 0 Å². The van der Waals surface area contributed by atoms with Crippen molar-refractivity contribution in [3.63, 3.8) is 0 Å². The smallest absolute Gasteiger partial charge is 0.434 e. The third-order valence-corrected chi connectivity index (χ3v) is 2.21. The van der Waals surface area contributed by atoms with Gasteiger partial charge < -0.3 is 9.15 Å². The summed E-state index contributed by atoms with van der Waals surface area (Å²) in [4.78, 5) is 20.8. The van der Waals surface area contributed by atoms with Gasteiger partial charge in [0.25, 0.3) is 0 Å². The van der Waals surface area contributed by atoms with Crippen LogP contribution in [0.15, 0.2) is 22.6 Å². The molecule has 0 amide bonds. The van der Waals surface area contributed by atoms with Crippen LogP contribution in [0.4, 0.5) is 5.88 Å². The third kappa shape index (κ3) is 1.40. The second kappa shape index (κ2) is 3.65. The number of hydrogen-bond acceptors (Lipinski definition) is 5. The van der Waals surface area contributed by atoms with E-state index in [9.17, 15) is 14.9 Å². The van der Waals surface area contributed by atoms with Gasteiger partial charge in [0.1, 0.15) is 16.3 Å². The Morgan fingerprint density at radius 3 is 2.81 bits per heavy atom. The zero-order valence-electron chi connectivity index (χ0n) is 8.30. The van der Waals surface area contributed by atoms with Crippen molar-refractivity contribution in [3.05, 3.63) is 33.9 Å². The standard InChI is InChI=1S/C10H7NO5/c1-15-8-2-3-9-6(7(8)5-12)4-10(16-9)11(13)14/h2-5H,1H3. The molecule has 16 heavy (non-hydrogen) atoms. The highest BCUT2D eigenvalue weighted by Gasteiger charge is 2.17. The van der Waals surface area contributed by atoms with Gasteiger partial charge in [-0.05, 0) is 12.1 Å². The third-order valence-electron chi connectivity index (χ3n) is 2.21. The summed E-state index contributed by atoms with van der Waals surface area (Å²) in [5.74, 6) is -0.0375. The van der Waals surface area contributed by atoms with Crippen molar-refractivity contribution in [2.45, 2.75) is 0 Å². The van der Waals surface area contributed by atoms with Crippen LogP contribution in [0.3, 0.4) is 0 Å². The molecular formula is C10H7NO5. The summed E-state index contributed by atoms with van der Waals surface area (Å²) < 4.78 is 9.93. The first-order chi connectivity index (χ1) is 7.67. The second-order valence-corrected chi connectivity index (χ2v) is 3.05. The molecule has 1 aromatic heterocycles. The molecule has 0 atom stereocenters. The summed E-state index contributed by atoms with van der Waals surface area (Å²) in [6.07, 6.45) is 0.584. The fraction of sp³-hybridized carbons (Fsp3) is 0.100. The molecule has 0 aliphatic heterocycles. The number of carbonyl (C=O) groups excluding carboxylic acids is 1. The molecule has 6 heteroatoms. The predicted octanol–water partition coefficient (Wildman–Crippen LogP) is 2.16. The minimum atomic E-state index is -0.652. The summed E-state index contributed by atoms with van der Waals surface area (Å²) in [5, 5.41) is 10.9. The molecule has 1 heterocycles. The lowest BCUT2D eigenvalue weighted by molar-refractivity contribution is -0.401. The lowest BCUT2D eigenvalue weighted by atomic mass is 10.1. The van der Waals surface area contributed by atoms with Crippen LogP contribution in [0.25, 0.3) is 11.0 Å². The van der Waals surface area contributed by atoms with Crippen LogP contribution in [-0.4, -0.2) is 18.3 Å². The Balaban J connectivity index is 2.76. The highest BCUT2D eigenvalue weighted by molar-refractivity contribution is 5.99. The number of benzene rings is 1. The van der Waals surface area contributed by atoms with Crippen molar-refractivity contribution in [2.75, 3.05) is 7.11 Å². The van der Waals surface area contributed by atoms with Gasteiger partial charge in [-0.3, -0.25) is 14.9 Å². The van der Waals surface area contributed by atoms with Crippen molar-refractivity contribution in [1.29, 1.82) is 0 Å². The van der Waals surface area contributed by atoms with E-state index in [-0.39, 0.29) is 11.1 Å². The summed E-state index contributed by atoms with van der Waals surface area (Å²) >= 11 is 0. The zero-order chi connectivity index (χ0) is 11.7. The fourth-order valence-corrected chi connectivity index (χ4v) is 1.49. The first-order valence-electron chi connectivity index (χ1n) is 4.37. The molecule has 0 fully saturated rings. The average Bonchev–Trinajstić information content (AvgIpc) is 2.71. The molecule has 0 N–H and O–H groups in total. The van der Waals surface area contributed by atoms with Gasteiger partial charge >= 0.3 is 5.88 Å². The monoisotopic (exact) mass is 221 g/mol. The van der Waals surface area contributed by atoms with Gasteiger partial charge in [-0.25, -0.2) is 0 Å². The predicted molar refractivity (Wildman–Crippen MR) is 54.8 cm³/mol. The highest BCUT2D eigenvalue weighted by atomic mass is 16.6. The Hall–Kier alpha value is -2.37. The quantitative estimate of drug-likeness (QED) is 0.450. The average molecular weight is 221 g/mol. The Labute approximate surface area is 89.6 Å². The van der Waals surface area contributed by atoms with E-state index < -0.39 is 10.8 Å². The molecule has 0 spiro atoms. The van der Waals surface area contributed by atoms with Gasteiger partial charge in [-0.15, -0.1) is 0 Å². The maximum absolute atomic E-state index is 10.9. The Bertz CT molecular complexity index is 572. The van der Waals surface area contributed by atoms with Crippen LogP contribution in [0.1, 0.15) is 10.4 Å². The molecule has 0 aliphatic rings. The van der Waals surface area contributed by atoms with E-state index in [1.807, 2.05) is 0 Å². The van der Waals surface area contributed by atoms with Crippen molar-refractivity contribution >= 4 is 23.1 Å². The van der Waals surface area contributed by atoms with Crippen LogP contribution in [0, 0.1) is 10.1 Å². The topological polar surface area (TPSA) is 82.6 Å². The van der Waals surface area contributed by atoms with Crippen LogP contribution in [0.5, 0.6) is 5.75 Å². The largest absolute Gasteiger partial charge is 0.496 e. The van der Waals surface area contributed by atoms with Crippen molar-refractivity contribution in [2.24, 2.45) is 0 Å². The number of fused-ring (bicyclic) bond motifs is 1. The Morgan fingerprint density at radius 2 is 2.25 bits per heavy atom. The molecule has 0 bridgehead atoms. The van der Waals surface area contributed by atoms with E-state index >= 15 is 0 Å². The van der Waals surface area contributed by atoms with Crippen molar-refractivity contribution in [1.82, 2.24) is 0 Å². The van der Waals surface area contributed by atoms with E-state index in [1.54, 1.807) is 0 Å². The van der Waals surface area contributed by atoms with Gasteiger partial charge in [0.05, 0.1) is 18.7 Å². The molecular weight excluding hydrogens is 214 g/mol. The fourth-order valence-electron chi connectivity index (χ4n) is 1.49. The van der Waals surface area contributed by atoms with E-state index in [4.69, 9.17) is 9.15 Å². The molecule has 2 rings (SSSR count). The maximum Gasteiger partial charge on any atom is 0.434 e. The van der Waals surface area contributed by atoms with Gasteiger partial charge in [-0.1, -0.05) is 0 Å². The van der Waals surface area contributed by atoms with Crippen molar-refractivity contribution in [3.8, 4) is 5.75 Å². The number of furan rings is 1. The lowest BCUT2D eigenvalue weighted by Gasteiger charge is -2.02. The number of rotatable bonds is 3. The Kier molecular flexibility index (Phi) is 2.32. The van der Waals surface area contributed by atoms with E-state index in [0.29, 0.717) is 17.4 Å². The van der Waals surface area contributed by atoms with E-state index in [2.05, 4.69) is 0 Å². The number of hydrogen-bond donors (Lipinski definition) is 0. The molecule has 0 saturated heterocycles. The number of aldehydes is 1. The molecule has 1 aromatic carbocycles. The summed E-state index contributed by atoms with van der Waals surface area (Å²) in [5.41, 5.74) is 0.534. The summed E-state index contributed by atoms with van der Waals surface area (Å²) in [6, 6.07) is 4.26. The molecule has 2 aromatic rings. The zero-order valence-corrected chi connectivity index (χ0v) is 8.30. The summed E-state index contributed by atoms with van der Waals surface area (Å²) in [6.45, 7) is 0.